The number of ether oxygens (including phenoxy) is 1. The molecule has 10 heteroatoms. The second-order valence-corrected chi connectivity index (χ2v) is 14.5. The number of carbonyl (C=O) groups excluding carboxylic acids is 1. The number of nitrogens with zero attached hydrogens (tertiary/aromatic N) is 2. The fourth-order valence-corrected chi connectivity index (χ4v) is 8.18. The third-order valence-corrected chi connectivity index (χ3v) is 11.1. The molecule has 6 nitrogen and oxygen atoms in total. The van der Waals surface area contributed by atoms with Gasteiger partial charge in [-0.05, 0) is 73.7 Å². The fraction of sp³-hybridized carbons (Fsp3) is 0.382. The highest BCUT2D eigenvalue weighted by molar-refractivity contribution is 7.93. The summed E-state index contributed by atoms with van der Waals surface area (Å²) >= 11 is 12.7. The Bertz CT molecular complexity index is 1610. The summed E-state index contributed by atoms with van der Waals surface area (Å²) in [6.07, 6.45) is 3.76. The smallest absolute Gasteiger partial charge is 0.253 e. The lowest BCUT2D eigenvalue weighted by atomic mass is 9.88. The van der Waals surface area contributed by atoms with Crippen molar-refractivity contribution in [3.63, 3.8) is 0 Å². The SMILES string of the molecule is C/C=C/[C@H](C)[C@H]1O[C@H](c2cccc(Cl)c2)[C@@H](c2ccc(Cl)cc2)N([C@@H](CC)CN(c2ccccc2F)S(=O)(=O)C2CC2)C1=O. The molecular formula is C34H37Cl2FN2O4S. The summed E-state index contributed by atoms with van der Waals surface area (Å²) in [5.41, 5.74) is 1.52. The number of amides is 1. The maximum atomic E-state index is 15.2. The minimum absolute atomic E-state index is 0.0215. The molecule has 0 N–H and O–H groups in total. The first-order valence-corrected chi connectivity index (χ1v) is 17.2. The van der Waals surface area contributed by atoms with Crippen LogP contribution in [0.2, 0.25) is 10.0 Å². The van der Waals surface area contributed by atoms with E-state index in [9.17, 15) is 13.2 Å². The number of benzene rings is 3. The fourth-order valence-electron chi connectivity index (χ4n) is 5.96. The monoisotopic (exact) mass is 658 g/mol. The Morgan fingerprint density at radius 1 is 1.02 bits per heavy atom. The van der Waals surface area contributed by atoms with Gasteiger partial charge in [0.05, 0.1) is 29.6 Å². The van der Waals surface area contributed by atoms with E-state index in [0.29, 0.717) is 29.3 Å². The molecule has 5 atom stereocenters. The van der Waals surface area contributed by atoms with E-state index < -0.39 is 45.4 Å². The van der Waals surface area contributed by atoms with Crippen LogP contribution in [-0.4, -0.2) is 43.2 Å². The average molecular weight is 660 g/mol. The number of morpholine rings is 1. The molecule has 0 radical (unpaired) electrons. The maximum Gasteiger partial charge on any atom is 0.253 e. The molecular weight excluding hydrogens is 622 g/mol. The molecule has 5 rings (SSSR count). The van der Waals surface area contributed by atoms with Gasteiger partial charge in [0, 0.05) is 16.0 Å². The minimum Gasteiger partial charge on any atom is -0.357 e. The van der Waals surface area contributed by atoms with Crippen LogP contribution in [0.3, 0.4) is 0 Å². The Morgan fingerprint density at radius 3 is 2.34 bits per heavy atom. The molecule has 1 saturated heterocycles. The third-order valence-electron chi connectivity index (χ3n) is 8.35. The number of carbonyl (C=O) groups is 1. The molecule has 0 bridgehead atoms. The molecule has 2 aliphatic rings. The number of allylic oxidation sites excluding steroid dienone is 1. The Morgan fingerprint density at radius 2 is 1.73 bits per heavy atom. The lowest BCUT2D eigenvalue weighted by Gasteiger charge is -2.49. The lowest BCUT2D eigenvalue weighted by Crippen LogP contribution is -2.59. The van der Waals surface area contributed by atoms with Crippen molar-refractivity contribution in [2.45, 2.75) is 69.6 Å². The van der Waals surface area contributed by atoms with Crippen molar-refractivity contribution in [2.24, 2.45) is 5.92 Å². The molecule has 3 aromatic rings. The van der Waals surface area contributed by atoms with Crippen molar-refractivity contribution < 1.29 is 22.3 Å². The molecule has 1 aliphatic heterocycles. The number of sulfonamides is 1. The number of para-hydroxylation sites is 1. The van der Waals surface area contributed by atoms with Crippen LogP contribution >= 0.6 is 23.2 Å². The van der Waals surface area contributed by atoms with Crippen LogP contribution in [0.4, 0.5) is 10.1 Å². The Labute approximate surface area is 269 Å². The summed E-state index contributed by atoms with van der Waals surface area (Å²) in [5.74, 6) is -1.18. The molecule has 2 fully saturated rings. The molecule has 1 amide bonds. The zero-order chi connectivity index (χ0) is 31.6. The molecule has 44 heavy (non-hydrogen) atoms. The first-order valence-electron chi connectivity index (χ1n) is 14.9. The van der Waals surface area contributed by atoms with Crippen LogP contribution < -0.4 is 4.31 Å². The van der Waals surface area contributed by atoms with Crippen LogP contribution in [0.5, 0.6) is 0 Å². The van der Waals surface area contributed by atoms with Gasteiger partial charge in [-0.15, -0.1) is 0 Å². The molecule has 0 spiro atoms. The highest BCUT2D eigenvalue weighted by atomic mass is 35.5. The number of anilines is 1. The van der Waals surface area contributed by atoms with Gasteiger partial charge in [0.15, 0.2) is 0 Å². The molecule has 1 saturated carbocycles. The number of halogens is 3. The standard InChI is InChI=1S/C34H37Cl2FN2O4S/c1-4-9-22(3)32-34(40)39(27(5-2)21-38(44(41,42)28-18-19-28)30-13-7-6-12-29(30)37)31(23-14-16-25(35)17-15-23)33(43-32)24-10-8-11-26(36)20-24/h4,6-17,20,22,27-28,31-33H,5,18-19,21H2,1-3H3/b9-4+/t22-,27-,31+,32+,33+/m0/s1. The second kappa shape index (κ2) is 13.6. The normalized spacial score (nSPS) is 22.3. The van der Waals surface area contributed by atoms with E-state index in [1.165, 1.54) is 22.5 Å². The maximum absolute atomic E-state index is 15.2. The summed E-state index contributed by atoms with van der Waals surface area (Å²) in [6.45, 7) is 5.60. The van der Waals surface area contributed by atoms with E-state index >= 15 is 4.39 Å². The van der Waals surface area contributed by atoms with Crippen LogP contribution in [0.1, 0.15) is 63.3 Å². The lowest BCUT2D eigenvalue weighted by molar-refractivity contribution is -0.183. The van der Waals surface area contributed by atoms with E-state index in [1.54, 1.807) is 29.2 Å². The van der Waals surface area contributed by atoms with E-state index in [2.05, 4.69) is 0 Å². The summed E-state index contributed by atoms with van der Waals surface area (Å²) in [6, 6.07) is 19.2. The van der Waals surface area contributed by atoms with Crippen molar-refractivity contribution in [1.29, 1.82) is 0 Å². The Kier molecular flexibility index (Phi) is 10.0. The zero-order valence-corrected chi connectivity index (χ0v) is 27.3. The van der Waals surface area contributed by atoms with Crippen LogP contribution in [0.15, 0.2) is 84.9 Å². The van der Waals surface area contributed by atoms with Crippen LogP contribution in [-0.2, 0) is 19.6 Å². The highest BCUT2D eigenvalue weighted by Crippen LogP contribution is 2.46. The molecule has 0 aromatic heterocycles. The Hall–Kier alpha value is -2.91. The molecule has 234 valence electrons. The molecule has 1 aliphatic carbocycles. The van der Waals surface area contributed by atoms with Crippen LogP contribution in [0.25, 0.3) is 0 Å². The summed E-state index contributed by atoms with van der Waals surface area (Å²) < 4.78 is 50.7. The van der Waals surface area contributed by atoms with Gasteiger partial charge in [0.1, 0.15) is 18.0 Å². The number of rotatable bonds is 11. The van der Waals surface area contributed by atoms with Gasteiger partial charge in [0.2, 0.25) is 10.0 Å². The summed E-state index contributed by atoms with van der Waals surface area (Å²) in [4.78, 5) is 16.4. The highest BCUT2D eigenvalue weighted by Gasteiger charge is 2.49. The summed E-state index contributed by atoms with van der Waals surface area (Å²) in [7, 11) is -3.88. The van der Waals surface area contributed by atoms with E-state index in [-0.39, 0.29) is 24.1 Å². The quantitative estimate of drug-likeness (QED) is 0.195. The van der Waals surface area contributed by atoms with E-state index in [4.69, 9.17) is 27.9 Å². The Balaban J connectivity index is 1.67. The first-order chi connectivity index (χ1) is 21.1. The van der Waals surface area contributed by atoms with Crippen molar-refractivity contribution in [2.75, 3.05) is 10.8 Å². The first kappa shape index (κ1) is 32.5. The molecule has 1 heterocycles. The van der Waals surface area contributed by atoms with Gasteiger partial charge in [-0.1, -0.05) is 85.6 Å². The zero-order valence-electron chi connectivity index (χ0n) is 24.9. The van der Waals surface area contributed by atoms with Gasteiger partial charge in [-0.25, -0.2) is 12.8 Å². The predicted octanol–water partition coefficient (Wildman–Crippen LogP) is 8.13. The number of hydrogen-bond donors (Lipinski definition) is 0. The second-order valence-electron chi connectivity index (χ2n) is 11.4. The van der Waals surface area contributed by atoms with Crippen molar-refractivity contribution in [3.8, 4) is 0 Å². The van der Waals surface area contributed by atoms with Crippen molar-refractivity contribution >= 4 is 44.8 Å². The summed E-state index contributed by atoms with van der Waals surface area (Å²) in [5, 5.41) is 0.486. The predicted molar refractivity (Wildman–Crippen MR) is 174 cm³/mol. The van der Waals surface area contributed by atoms with Crippen molar-refractivity contribution in [3.05, 3.63) is 112 Å². The topological polar surface area (TPSA) is 66.9 Å². The molecule has 3 aromatic carbocycles. The number of hydrogen-bond acceptors (Lipinski definition) is 4. The minimum atomic E-state index is -3.88. The molecule has 0 unspecified atom stereocenters. The largest absolute Gasteiger partial charge is 0.357 e. The van der Waals surface area contributed by atoms with Gasteiger partial charge in [0.25, 0.3) is 5.91 Å². The van der Waals surface area contributed by atoms with Gasteiger partial charge < -0.3 is 9.64 Å². The van der Waals surface area contributed by atoms with Gasteiger partial charge in [-0.3, -0.25) is 9.10 Å². The van der Waals surface area contributed by atoms with Gasteiger partial charge >= 0.3 is 0 Å². The van der Waals surface area contributed by atoms with Crippen molar-refractivity contribution in [1.82, 2.24) is 4.90 Å². The van der Waals surface area contributed by atoms with E-state index in [0.717, 1.165) is 11.1 Å². The van der Waals surface area contributed by atoms with Gasteiger partial charge in [-0.2, -0.15) is 0 Å². The third kappa shape index (κ3) is 6.69. The van der Waals surface area contributed by atoms with Crippen LogP contribution in [0, 0.1) is 11.7 Å². The average Bonchev–Trinajstić information content (AvgIpc) is 3.86. The van der Waals surface area contributed by atoms with E-state index in [1.807, 2.05) is 63.3 Å².